The van der Waals surface area contributed by atoms with Crippen LogP contribution in [0.25, 0.3) is 0 Å². The highest BCUT2D eigenvalue weighted by Gasteiger charge is 2.28. The molecule has 7 nitrogen and oxygen atoms in total. The van der Waals surface area contributed by atoms with E-state index in [4.69, 9.17) is 5.11 Å². The second-order valence-corrected chi connectivity index (χ2v) is 4.91. The number of esters is 1. The Bertz CT molecular complexity index is 364. The van der Waals surface area contributed by atoms with E-state index < -0.39 is 11.9 Å². The van der Waals surface area contributed by atoms with E-state index in [1.165, 1.54) is 7.11 Å². The summed E-state index contributed by atoms with van der Waals surface area (Å²) < 4.78 is 4.68. The molecule has 114 valence electrons. The van der Waals surface area contributed by atoms with Gasteiger partial charge in [0.05, 0.1) is 18.9 Å². The predicted molar refractivity (Wildman–Crippen MR) is 71.1 cm³/mol. The van der Waals surface area contributed by atoms with Gasteiger partial charge in [-0.25, -0.2) is 4.79 Å². The average molecular weight is 286 g/mol. The van der Waals surface area contributed by atoms with E-state index in [-0.39, 0.29) is 24.5 Å². The molecule has 0 spiro atoms. The van der Waals surface area contributed by atoms with Crippen molar-refractivity contribution < 1.29 is 24.2 Å². The van der Waals surface area contributed by atoms with Crippen LogP contribution in [0.4, 0.5) is 4.79 Å². The maximum Gasteiger partial charge on any atom is 0.317 e. The summed E-state index contributed by atoms with van der Waals surface area (Å²) in [4.78, 5) is 35.7. The zero-order valence-corrected chi connectivity index (χ0v) is 11.9. The standard InChI is InChI=1S/C13H22N2O5/c1-3-9(11(16)17)8-14-13(19)15-6-4-10(5-7-15)12(18)20-2/h9-10H,3-8H2,1-2H3,(H,14,19)(H,16,17). The molecule has 1 fully saturated rings. The van der Waals surface area contributed by atoms with Crippen LogP contribution in [0.15, 0.2) is 0 Å². The average Bonchev–Trinajstić information content (AvgIpc) is 2.46. The number of carboxylic acids is 1. The molecule has 7 heteroatoms. The molecular formula is C13H22N2O5. The fourth-order valence-electron chi connectivity index (χ4n) is 2.21. The number of methoxy groups -OCH3 is 1. The van der Waals surface area contributed by atoms with Crippen LogP contribution in [0.3, 0.4) is 0 Å². The summed E-state index contributed by atoms with van der Waals surface area (Å²) in [5.74, 6) is -1.85. The Kier molecular flexibility index (Phi) is 6.27. The minimum atomic E-state index is -0.905. The summed E-state index contributed by atoms with van der Waals surface area (Å²) in [5, 5.41) is 11.5. The number of nitrogens with zero attached hydrogens (tertiary/aromatic N) is 1. The minimum absolute atomic E-state index is 0.127. The lowest BCUT2D eigenvalue weighted by atomic mass is 9.97. The highest BCUT2D eigenvalue weighted by Crippen LogP contribution is 2.18. The van der Waals surface area contributed by atoms with Crippen molar-refractivity contribution in [3.8, 4) is 0 Å². The van der Waals surface area contributed by atoms with Gasteiger partial charge >= 0.3 is 18.0 Å². The summed E-state index contributed by atoms with van der Waals surface area (Å²) in [6.45, 7) is 2.86. The number of carboxylic acid groups (broad SMARTS) is 1. The van der Waals surface area contributed by atoms with Crippen LogP contribution >= 0.6 is 0 Å². The van der Waals surface area contributed by atoms with Crippen LogP contribution < -0.4 is 5.32 Å². The maximum atomic E-state index is 11.9. The van der Waals surface area contributed by atoms with Crippen LogP contribution in [-0.4, -0.2) is 54.7 Å². The van der Waals surface area contributed by atoms with Crippen LogP contribution in [0.1, 0.15) is 26.2 Å². The molecule has 1 unspecified atom stereocenters. The Morgan fingerprint density at radius 2 is 1.95 bits per heavy atom. The number of aliphatic carboxylic acids is 1. The van der Waals surface area contributed by atoms with Gasteiger partial charge in [0.15, 0.2) is 0 Å². The van der Waals surface area contributed by atoms with E-state index in [9.17, 15) is 14.4 Å². The summed E-state index contributed by atoms with van der Waals surface area (Å²) in [5.41, 5.74) is 0. The fraction of sp³-hybridized carbons (Fsp3) is 0.769. The van der Waals surface area contributed by atoms with Crippen molar-refractivity contribution in [3.63, 3.8) is 0 Å². The molecule has 1 atom stereocenters. The summed E-state index contributed by atoms with van der Waals surface area (Å²) in [7, 11) is 1.36. The number of rotatable bonds is 5. The van der Waals surface area contributed by atoms with Crippen LogP contribution in [0, 0.1) is 11.8 Å². The van der Waals surface area contributed by atoms with Gasteiger partial charge in [0.2, 0.25) is 0 Å². The zero-order chi connectivity index (χ0) is 15.1. The molecule has 2 N–H and O–H groups in total. The van der Waals surface area contributed by atoms with Gasteiger partial charge in [0, 0.05) is 19.6 Å². The third-order valence-electron chi connectivity index (χ3n) is 3.66. The van der Waals surface area contributed by atoms with Gasteiger partial charge in [0.1, 0.15) is 0 Å². The number of carbonyl (C=O) groups excluding carboxylic acids is 2. The van der Waals surface area contributed by atoms with Crippen LogP contribution in [-0.2, 0) is 14.3 Å². The van der Waals surface area contributed by atoms with Crippen molar-refractivity contribution in [3.05, 3.63) is 0 Å². The first-order chi connectivity index (χ1) is 9.49. The Morgan fingerprint density at radius 3 is 2.40 bits per heavy atom. The largest absolute Gasteiger partial charge is 0.481 e. The molecule has 0 saturated carbocycles. The van der Waals surface area contributed by atoms with Gasteiger partial charge in [-0.3, -0.25) is 9.59 Å². The highest BCUT2D eigenvalue weighted by molar-refractivity contribution is 5.77. The van der Waals surface area contributed by atoms with Crippen molar-refractivity contribution >= 4 is 18.0 Å². The van der Waals surface area contributed by atoms with Crippen molar-refractivity contribution in [2.75, 3.05) is 26.7 Å². The Balaban J connectivity index is 2.36. The van der Waals surface area contributed by atoms with Crippen molar-refractivity contribution in [1.29, 1.82) is 0 Å². The molecule has 0 aromatic rings. The smallest absolute Gasteiger partial charge is 0.317 e. The van der Waals surface area contributed by atoms with E-state index in [0.29, 0.717) is 32.4 Å². The van der Waals surface area contributed by atoms with Crippen molar-refractivity contribution in [2.24, 2.45) is 11.8 Å². The monoisotopic (exact) mass is 286 g/mol. The number of hydrogen-bond donors (Lipinski definition) is 2. The molecule has 1 heterocycles. The highest BCUT2D eigenvalue weighted by atomic mass is 16.5. The number of piperidine rings is 1. The van der Waals surface area contributed by atoms with Crippen molar-refractivity contribution in [2.45, 2.75) is 26.2 Å². The molecule has 0 aromatic carbocycles. The SMILES string of the molecule is CCC(CNC(=O)N1CCC(C(=O)OC)CC1)C(=O)O. The molecule has 1 aliphatic heterocycles. The number of carbonyl (C=O) groups is 3. The summed E-state index contributed by atoms with van der Waals surface area (Å²) in [6, 6.07) is -0.270. The van der Waals surface area contributed by atoms with Crippen LogP contribution in [0.2, 0.25) is 0 Å². The first kappa shape index (κ1) is 16.3. The first-order valence-corrected chi connectivity index (χ1v) is 6.83. The molecule has 0 bridgehead atoms. The Labute approximate surface area is 118 Å². The van der Waals surface area contributed by atoms with E-state index >= 15 is 0 Å². The first-order valence-electron chi connectivity index (χ1n) is 6.83. The predicted octanol–water partition coefficient (Wildman–Crippen LogP) is 0.692. The quantitative estimate of drug-likeness (QED) is 0.725. The van der Waals surface area contributed by atoms with E-state index in [2.05, 4.69) is 10.1 Å². The van der Waals surface area contributed by atoms with Gasteiger partial charge in [0.25, 0.3) is 0 Å². The second kappa shape index (κ2) is 7.72. The number of nitrogens with one attached hydrogen (secondary N) is 1. The van der Waals surface area contributed by atoms with Crippen LogP contribution in [0.5, 0.6) is 0 Å². The summed E-state index contributed by atoms with van der Waals surface area (Å²) >= 11 is 0. The van der Waals surface area contributed by atoms with Gasteiger partial charge in [-0.05, 0) is 19.3 Å². The van der Waals surface area contributed by atoms with Gasteiger partial charge < -0.3 is 20.1 Å². The lowest BCUT2D eigenvalue weighted by Crippen LogP contribution is -2.47. The second-order valence-electron chi connectivity index (χ2n) is 4.91. The number of hydrogen-bond acceptors (Lipinski definition) is 4. The molecule has 1 rings (SSSR count). The molecule has 0 aromatic heterocycles. The van der Waals surface area contributed by atoms with Gasteiger partial charge in [-0.1, -0.05) is 6.92 Å². The third kappa shape index (κ3) is 4.40. The molecule has 20 heavy (non-hydrogen) atoms. The summed E-state index contributed by atoms with van der Waals surface area (Å²) in [6.07, 6.45) is 1.63. The Morgan fingerprint density at radius 1 is 1.35 bits per heavy atom. The molecule has 0 radical (unpaired) electrons. The molecule has 2 amide bonds. The fourth-order valence-corrected chi connectivity index (χ4v) is 2.21. The Hall–Kier alpha value is -1.79. The maximum absolute atomic E-state index is 11.9. The number of likely N-dealkylation sites (tertiary alicyclic amines) is 1. The van der Waals surface area contributed by atoms with E-state index in [1.54, 1.807) is 11.8 Å². The minimum Gasteiger partial charge on any atom is -0.481 e. The molecular weight excluding hydrogens is 264 g/mol. The molecule has 1 aliphatic rings. The topological polar surface area (TPSA) is 95.9 Å². The lowest BCUT2D eigenvalue weighted by Gasteiger charge is -2.31. The number of ether oxygens (including phenoxy) is 1. The molecule has 0 aliphatic carbocycles. The lowest BCUT2D eigenvalue weighted by molar-refractivity contribution is -0.147. The van der Waals surface area contributed by atoms with E-state index in [0.717, 1.165) is 0 Å². The van der Waals surface area contributed by atoms with Gasteiger partial charge in [-0.15, -0.1) is 0 Å². The molecule has 1 saturated heterocycles. The normalized spacial score (nSPS) is 17.4. The zero-order valence-electron chi connectivity index (χ0n) is 11.9. The van der Waals surface area contributed by atoms with Gasteiger partial charge in [-0.2, -0.15) is 0 Å². The van der Waals surface area contributed by atoms with Crippen molar-refractivity contribution in [1.82, 2.24) is 10.2 Å². The van der Waals surface area contributed by atoms with E-state index in [1.807, 2.05) is 0 Å². The third-order valence-corrected chi connectivity index (χ3v) is 3.66. The number of amides is 2. The number of urea groups is 1.